The van der Waals surface area contributed by atoms with Gasteiger partial charge in [0.15, 0.2) is 12.4 Å². The van der Waals surface area contributed by atoms with Crippen LogP contribution >= 0.6 is 0 Å². The van der Waals surface area contributed by atoms with E-state index >= 15 is 0 Å². The van der Waals surface area contributed by atoms with Crippen LogP contribution in [0.4, 0.5) is 0 Å². The van der Waals surface area contributed by atoms with E-state index in [0.717, 1.165) is 51.4 Å². The van der Waals surface area contributed by atoms with Crippen LogP contribution in [0.2, 0.25) is 0 Å². The molecule has 0 spiro atoms. The molecule has 0 aliphatic carbocycles. The molecule has 6 atom stereocenters. The summed E-state index contributed by atoms with van der Waals surface area (Å²) in [5.74, 6) is -2.06. The van der Waals surface area contributed by atoms with Crippen LogP contribution < -0.4 is 0 Å². The van der Waals surface area contributed by atoms with Crippen LogP contribution in [0.15, 0.2) is 60.8 Å². The number of hydrogen-bond acceptors (Lipinski definition) is 11. The molecule has 370 valence electrons. The van der Waals surface area contributed by atoms with Crippen LogP contribution in [0.3, 0.4) is 0 Å². The highest BCUT2D eigenvalue weighted by molar-refractivity contribution is 7.85. The average molecular weight is 925 g/mol. The van der Waals surface area contributed by atoms with E-state index < -0.39 is 71.2 Å². The fraction of sp³-hybridized carbons (Fsp3) is 0.765. The summed E-state index contributed by atoms with van der Waals surface area (Å²) in [6, 6.07) is 0. The van der Waals surface area contributed by atoms with Crippen molar-refractivity contribution in [3.05, 3.63) is 60.8 Å². The Hall–Kier alpha value is -2.65. The third-order valence-corrected chi connectivity index (χ3v) is 11.8. The van der Waals surface area contributed by atoms with E-state index in [2.05, 4.69) is 62.5 Å². The third kappa shape index (κ3) is 34.7. The van der Waals surface area contributed by atoms with Gasteiger partial charge in [0.25, 0.3) is 10.1 Å². The summed E-state index contributed by atoms with van der Waals surface area (Å²) < 4.78 is 54.1. The van der Waals surface area contributed by atoms with E-state index in [9.17, 15) is 37.9 Å². The Labute approximate surface area is 387 Å². The maximum Gasteiger partial charge on any atom is 0.306 e. The van der Waals surface area contributed by atoms with Gasteiger partial charge in [0, 0.05) is 12.8 Å². The molecule has 1 aliphatic heterocycles. The van der Waals surface area contributed by atoms with Crippen LogP contribution in [0.25, 0.3) is 0 Å². The molecule has 13 heteroatoms. The number of hydrogen-bond donors (Lipinski definition) is 4. The number of esters is 2. The van der Waals surface area contributed by atoms with Crippen molar-refractivity contribution in [1.82, 2.24) is 0 Å². The number of ether oxygens (including phenoxy) is 4. The Morgan fingerprint density at radius 2 is 0.969 bits per heavy atom. The number of carbonyl (C=O) groups is 2. The van der Waals surface area contributed by atoms with Gasteiger partial charge in [-0.25, -0.2) is 0 Å². The minimum Gasteiger partial charge on any atom is -0.462 e. The van der Waals surface area contributed by atoms with Gasteiger partial charge in [-0.15, -0.1) is 0 Å². The van der Waals surface area contributed by atoms with Gasteiger partial charge in [-0.2, -0.15) is 8.42 Å². The number of aliphatic hydroxyl groups excluding tert-OH is 3. The lowest BCUT2D eigenvalue weighted by Crippen LogP contribution is -2.60. The summed E-state index contributed by atoms with van der Waals surface area (Å²) in [4.78, 5) is 25.5. The molecule has 1 saturated heterocycles. The van der Waals surface area contributed by atoms with Gasteiger partial charge in [0.05, 0.1) is 6.61 Å². The van der Waals surface area contributed by atoms with Crippen molar-refractivity contribution in [2.24, 2.45) is 0 Å². The SMILES string of the molecule is CCCC/C=C/CCCCCCCCCCCC(=O)OC[C@H](CO[C@H]1O[C@H](CS(=O)(=O)O)[C@@H](O)C(O)C1O)OC(=O)CCC/C=C/C/C=C/C/C=C/C/C=C/CCCCCCCCC. The Balaban J connectivity index is 2.45. The van der Waals surface area contributed by atoms with Crippen molar-refractivity contribution in [2.75, 3.05) is 19.0 Å². The van der Waals surface area contributed by atoms with E-state index in [-0.39, 0.29) is 19.4 Å². The van der Waals surface area contributed by atoms with Crippen LogP contribution in [0.1, 0.15) is 194 Å². The van der Waals surface area contributed by atoms with Crippen LogP contribution in [0.5, 0.6) is 0 Å². The predicted octanol–water partition coefficient (Wildman–Crippen LogP) is 10.9. The highest BCUT2D eigenvalue weighted by Gasteiger charge is 2.46. The molecular weight excluding hydrogens is 837 g/mol. The average Bonchev–Trinajstić information content (AvgIpc) is 3.26. The molecule has 1 fully saturated rings. The van der Waals surface area contributed by atoms with Gasteiger partial charge in [-0.05, 0) is 70.6 Å². The van der Waals surface area contributed by atoms with Gasteiger partial charge < -0.3 is 34.3 Å². The molecule has 1 aliphatic rings. The highest BCUT2D eigenvalue weighted by atomic mass is 32.2. The standard InChI is InChI=1S/C51H88O12S/c1-3-5-7-9-11-13-15-17-19-20-21-22-23-24-26-28-30-32-34-36-38-40-47(53)62-44(42-61-51-50(56)49(55)48(54)45(63-51)43-64(57,58)59)41-60-46(52)39-37-35-33-31-29-27-25-18-16-14-12-10-8-6-4-2/h10,12,19-20,22-23,26,28,32,34,44-45,48-51,54-56H,3-9,11,13-18,21,24-25,27,29-31,33,35-43H2,1-2H3,(H,57,58,59)/b12-10+,20-19+,23-22+,28-26+,34-32+/t44-,45-,48-,49?,50?,51+/m1/s1. The van der Waals surface area contributed by atoms with Gasteiger partial charge in [0.1, 0.15) is 36.8 Å². The van der Waals surface area contributed by atoms with Gasteiger partial charge >= 0.3 is 11.9 Å². The lowest BCUT2D eigenvalue weighted by atomic mass is 10.00. The summed E-state index contributed by atoms with van der Waals surface area (Å²) in [5, 5.41) is 30.9. The summed E-state index contributed by atoms with van der Waals surface area (Å²) >= 11 is 0. The topological polar surface area (TPSA) is 186 Å². The molecule has 0 saturated carbocycles. The van der Waals surface area contributed by atoms with Gasteiger partial charge in [0.2, 0.25) is 0 Å². The Morgan fingerprint density at radius 3 is 1.50 bits per heavy atom. The number of rotatable bonds is 41. The number of carbonyl (C=O) groups excluding carboxylic acids is 2. The molecule has 0 bridgehead atoms. The fourth-order valence-corrected chi connectivity index (χ4v) is 7.87. The Kier molecular flexibility index (Phi) is 37.7. The summed E-state index contributed by atoms with van der Waals surface area (Å²) in [5.41, 5.74) is 0. The lowest BCUT2D eigenvalue weighted by molar-refractivity contribution is -0.297. The third-order valence-electron chi connectivity index (χ3n) is 11.1. The molecule has 64 heavy (non-hydrogen) atoms. The monoisotopic (exact) mass is 925 g/mol. The maximum atomic E-state index is 12.8. The smallest absolute Gasteiger partial charge is 0.306 e. The summed E-state index contributed by atoms with van der Waals surface area (Å²) in [7, 11) is -4.61. The zero-order valence-corrected chi connectivity index (χ0v) is 40.4. The van der Waals surface area contributed by atoms with Crippen molar-refractivity contribution >= 4 is 22.1 Å². The normalized spacial score (nSPS) is 20.1. The predicted molar refractivity (Wildman–Crippen MR) is 256 cm³/mol. The molecule has 12 nitrogen and oxygen atoms in total. The Bertz CT molecular complexity index is 1410. The molecule has 1 rings (SSSR count). The first-order valence-corrected chi connectivity index (χ1v) is 26.5. The van der Waals surface area contributed by atoms with E-state index in [1.165, 1.54) is 96.3 Å². The van der Waals surface area contributed by atoms with Crippen molar-refractivity contribution in [2.45, 2.75) is 230 Å². The first-order valence-electron chi connectivity index (χ1n) is 24.8. The van der Waals surface area contributed by atoms with Crippen molar-refractivity contribution in [1.29, 1.82) is 0 Å². The largest absolute Gasteiger partial charge is 0.462 e. The first-order chi connectivity index (χ1) is 31.0. The minimum absolute atomic E-state index is 0.0866. The maximum absolute atomic E-state index is 12.8. The van der Waals surface area contributed by atoms with E-state index in [4.69, 9.17) is 18.9 Å². The molecule has 1 heterocycles. The zero-order valence-electron chi connectivity index (χ0n) is 39.6. The fourth-order valence-electron chi connectivity index (χ4n) is 7.18. The highest BCUT2D eigenvalue weighted by Crippen LogP contribution is 2.24. The van der Waals surface area contributed by atoms with Crippen LogP contribution in [-0.4, -0.2) is 96.0 Å². The molecule has 0 aromatic heterocycles. The molecule has 0 aromatic rings. The van der Waals surface area contributed by atoms with Crippen LogP contribution in [-0.2, 0) is 38.7 Å². The van der Waals surface area contributed by atoms with E-state index in [0.29, 0.717) is 19.3 Å². The lowest BCUT2D eigenvalue weighted by Gasteiger charge is -2.40. The molecule has 2 unspecified atom stereocenters. The van der Waals surface area contributed by atoms with E-state index in [1.54, 1.807) is 0 Å². The molecular formula is C51H88O12S. The second-order valence-corrected chi connectivity index (χ2v) is 18.6. The second kappa shape index (κ2) is 40.6. The summed E-state index contributed by atoms with van der Waals surface area (Å²) in [6.45, 7) is 3.69. The van der Waals surface area contributed by atoms with Gasteiger partial charge in [-0.3, -0.25) is 14.1 Å². The van der Waals surface area contributed by atoms with E-state index in [1.807, 2.05) is 12.2 Å². The minimum atomic E-state index is -4.61. The second-order valence-electron chi connectivity index (χ2n) is 17.1. The number of unbranched alkanes of at least 4 members (excludes halogenated alkanes) is 19. The van der Waals surface area contributed by atoms with Gasteiger partial charge in [-0.1, -0.05) is 171 Å². The zero-order chi connectivity index (χ0) is 46.9. The number of allylic oxidation sites excluding steroid dienone is 10. The Morgan fingerprint density at radius 1 is 0.531 bits per heavy atom. The summed E-state index contributed by atoms with van der Waals surface area (Å²) in [6.07, 6.45) is 41.2. The molecule has 4 N–H and O–H groups in total. The van der Waals surface area contributed by atoms with Crippen LogP contribution in [0, 0.1) is 0 Å². The quantitative estimate of drug-likeness (QED) is 0.0197. The molecule has 0 amide bonds. The van der Waals surface area contributed by atoms with Crippen molar-refractivity contribution in [3.8, 4) is 0 Å². The molecule has 0 radical (unpaired) electrons. The van der Waals surface area contributed by atoms with Crippen molar-refractivity contribution < 1.29 is 56.8 Å². The first kappa shape index (κ1) is 59.4. The molecule has 0 aromatic carbocycles. The van der Waals surface area contributed by atoms with Crippen molar-refractivity contribution in [3.63, 3.8) is 0 Å². The number of aliphatic hydroxyl groups is 3.